The molecule has 2 aromatic carbocycles. The molecule has 0 bridgehead atoms. The van der Waals surface area contributed by atoms with Gasteiger partial charge in [0.25, 0.3) is 0 Å². The Morgan fingerprint density at radius 2 is 1.81 bits per heavy atom. The molecular weight excluding hydrogens is 398 g/mol. The summed E-state index contributed by atoms with van der Waals surface area (Å²) in [6.07, 6.45) is 0. The van der Waals surface area contributed by atoms with Crippen molar-refractivity contribution in [2.24, 2.45) is 0 Å². The van der Waals surface area contributed by atoms with Crippen molar-refractivity contribution in [1.82, 2.24) is 14.8 Å². The molecule has 1 aliphatic heterocycles. The predicted octanol–water partition coefficient (Wildman–Crippen LogP) is 4.39. The van der Waals surface area contributed by atoms with Gasteiger partial charge in [0.1, 0.15) is 5.01 Å². The third-order valence-corrected chi connectivity index (χ3v) is 7.13. The lowest BCUT2D eigenvalue weighted by Crippen LogP contribution is -2.48. The normalized spacial score (nSPS) is 15.4. The van der Waals surface area contributed by atoms with E-state index in [1.807, 2.05) is 35.2 Å². The summed E-state index contributed by atoms with van der Waals surface area (Å²) in [5.74, 6) is 0.612. The number of thioether (sulfide) groups is 1. The van der Waals surface area contributed by atoms with Gasteiger partial charge in [-0.1, -0.05) is 35.9 Å². The lowest BCUT2D eigenvalue weighted by Gasteiger charge is -2.34. The summed E-state index contributed by atoms with van der Waals surface area (Å²) >= 11 is 9.43. The molecular formula is C20H20ClN3OS2. The van der Waals surface area contributed by atoms with Crippen LogP contribution in [-0.2, 0) is 11.3 Å². The summed E-state index contributed by atoms with van der Waals surface area (Å²) in [5.41, 5.74) is 1.07. The first-order valence-electron chi connectivity index (χ1n) is 8.91. The number of nitrogens with zero attached hydrogens (tertiary/aromatic N) is 3. The fourth-order valence-electron chi connectivity index (χ4n) is 3.13. The van der Waals surface area contributed by atoms with Crippen LogP contribution >= 0.6 is 34.7 Å². The van der Waals surface area contributed by atoms with Crippen molar-refractivity contribution in [2.45, 2.75) is 11.4 Å². The van der Waals surface area contributed by atoms with Crippen molar-refractivity contribution >= 4 is 50.8 Å². The van der Waals surface area contributed by atoms with Gasteiger partial charge in [-0.15, -0.1) is 23.1 Å². The Hall–Kier alpha value is -1.60. The molecule has 0 spiro atoms. The van der Waals surface area contributed by atoms with E-state index in [2.05, 4.69) is 23.1 Å². The van der Waals surface area contributed by atoms with Crippen molar-refractivity contribution in [3.63, 3.8) is 0 Å². The van der Waals surface area contributed by atoms with Crippen LogP contribution < -0.4 is 0 Å². The van der Waals surface area contributed by atoms with Gasteiger partial charge in [-0.05, 0) is 24.3 Å². The molecule has 4 rings (SSSR count). The molecule has 0 N–H and O–H groups in total. The first-order chi connectivity index (χ1) is 13.2. The van der Waals surface area contributed by atoms with E-state index in [4.69, 9.17) is 16.6 Å². The number of benzene rings is 2. The van der Waals surface area contributed by atoms with E-state index in [9.17, 15) is 4.79 Å². The molecule has 2 heterocycles. The largest absolute Gasteiger partial charge is 0.339 e. The fraction of sp³-hybridized carbons (Fsp3) is 0.300. The number of rotatable bonds is 5. The van der Waals surface area contributed by atoms with Crippen LogP contribution in [0, 0.1) is 0 Å². The third kappa shape index (κ3) is 4.63. The number of para-hydroxylation sites is 1. The molecule has 1 saturated heterocycles. The highest BCUT2D eigenvalue weighted by molar-refractivity contribution is 8.00. The summed E-state index contributed by atoms with van der Waals surface area (Å²) in [7, 11) is 0. The van der Waals surface area contributed by atoms with Gasteiger partial charge in [0.05, 0.1) is 27.5 Å². The topological polar surface area (TPSA) is 36.4 Å². The van der Waals surface area contributed by atoms with E-state index in [1.165, 1.54) is 16.5 Å². The van der Waals surface area contributed by atoms with E-state index >= 15 is 0 Å². The van der Waals surface area contributed by atoms with Gasteiger partial charge in [-0.25, -0.2) is 4.98 Å². The molecule has 0 atom stereocenters. The van der Waals surface area contributed by atoms with Crippen LogP contribution in [-0.4, -0.2) is 52.6 Å². The average Bonchev–Trinajstić information content (AvgIpc) is 3.10. The van der Waals surface area contributed by atoms with Gasteiger partial charge in [-0.3, -0.25) is 9.69 Å². The maximum absolute atomic E-state index is 12.5. The molecule has 0 aliphatic carbocycles. The molecule has 1 fully saturated rings. The number of carbonyl (C=O) groups is 1. The number of fused-ring (bicyclic) bond motifs is 1. The Balaban J connectivity index is 1.27. The average molecular weight is 418 g/mol. The monoisotopic (exact) mass is 417 g/mol. The second-order valence-corrected chi connectivity index (χ2v) is 8.99. The van der Waals surface area contributed by atoms with Crippen LogP contribution in [0.2, 0.25) is 5.02 Å². The summed E-state index contributed by atoms with van der Waals surface area (Å²) < 4.78 is 1.23. The zero-order valence-electron chi connectivity index (χ0n) is 14.8. The van der Waals surface area contributed by atoms with Crippen LogP contribution in [0.4, 0.5) is 0 Å². The zero-order chi connectivity index (χ0) is 18.6. The van der Waals surface area contributed by atoms with E-state index in [0.29, 0.717) is 10.8 Å². The smallest absolute Gasteiger partial charge is 0.233 e. The minimum atomic E-state index is 0.180. The van der Waals surface area contributed by atoms with Gasteiger partial charge in [0, 0.05) is 31.1 Å². The van der Waals surface area contributed by atoms with E-state index in [0.717, 1.165) is 48.1 Å². The van der Waals surface area contributed by atoms with Crippen molar-refractivity contribution in [1.29, 1.82) is 0 Å². The SMILES string of the molecule is O=C(CSc1ccccc1Cl)N1CCN(Cc2nc3ccccc3s2)CC1. The van der Waals surface area contributed by atoms with Crippen molar-refractivity contribution in [2.75, 3.05) is 31.9 Å². The Bertz CT molecular complexity index is 905. The van der Waals surface area contributed by atoms with E-state index in [-0.39, 0.29) is 5.91 Å². The molecule has 0 saturated carbocycles. The molecule has 3 aromatic rings. The van der Waals surface area contributed by atoms with E-state index < -0.39 is 0 Å². The first kappa shape index (κ1) is 18.7. The van der Waals surface area contributed by atoms with Gasteiger partial charge in [0.15, 0.2) is 0 Å². The van der Waals surface area contributed by atoms with E-state index in [1.54, 1.807) is 11.3 Å². The standard InChI is InChI=1S/C20H20ClN3OS2/c21-15-5-1-3-7-17(15)26-14-20(25)24-11-9-23(10-12-24)13-19-22-16-6-2-4-8-18(16)27-19/h1-8H,9-14H2. The van der Waals surface area contributed by atoms with Crippen LogP contribution in [0.1, 0.15) is 5.01 Å². The number of hydrogen-bond acceptors (Lipinski definition) is 5. The second-order valence-electron chi connectivity index (χ2n) is 6.45. The molecule has 27 heavy (non-hydrogen) atoms. The number of aromatic nitrogens is 1. The van der Waals surface area contributed by atoms with Crippen LogP contribution in [0.5, 0.6) is 0 Å². The Morgan fingerprint density at radius 1 is 1.07 bits per heavy atom. The quantitative estimate of drug-likeness (QED) is 0.577. The molecule has 1 aliphatic rings. The van der Waals surface area contributed by atoms with Crippen LogP contribution in [0.15, 0.2) is 53.4 Å². The minimum absolute atomic E-state index is 0.180. The van der Waals surface area contributed by atoms with Gasteiger partial charge >= 0.3 is 0 Å². The Labute approximate surface area is 172 Å². The Morgan fingerprint density at radius 3 is 2.59 bits per heavy atom. The molecule has 0 radical (unpaired) electrons. The lowest BCUT2D eigenvalue weighted by atomic mass is 10.3. The molecule has 4 nitrogen and oxygen atoms in total. The third-order valence-electron chi connectivity index (χ3n) is 4.61. The van der Waals surface area contributed by atoms with Gasteiger partial charge in [-0.2, -0.15) is 0 Å². The number of amides is 1. The zero-order valence-corrected chi connectivity index (χ0v) is 17.2. The number of thiazole rings is 1. The predicted molar refractivity (Wildman–Crippen MR) is 114 cm³/mol. The molecule has 1 aromatic heterocycles. The summed E-state index contributed by atoms with van der Waals surface area (Å²) in [5, 5.41) is 1.85. The number of hydrogen-bond donors (Lipinski definition) is 0. The van der Waals surface area contributed by atoms with Gasteiger partial charge < -0.3 is 4.90 Å². The number of carbonyl (C=O) groups excluding carboxylic acids is 1. The maximum atomic E-state index is 12.5. The highest BCUT2D eigenvalue weighted by Gasteiger charge is 2.22. The summed E-state index contributed by atoms with van der Waals surface area (Å²) in [6, 6.07) is 15.9. The molecule has 0 unspecified atom stereocenters. The van der Waals surface area contributed by atoms with Crippen LogP contribution in [0.3, 0.4) is 0 Å². The highest BCUT2D eigenvalue weighted by atomic mass is 35.5. The van der Waals surface area contributed by atoms with Gasteiger partial charge in [0.2, 0.25) is 5.91 Å². The first-order valence-corrected chi connectivity index (χ1v) is 11.1. The lowest BCUT2D eigenvalue weighted by molar-refractivity contribution is -0.130. The number of halogens is 1. The fourth-order valence-corrected chi connectivity index (χ4v) is 5.28. The van der Waals surface area contributed by atoms with Crippen LogP contribution in [0.25, 0.3) is 10.2 Å². The number of piperazine rings is 1. The molecule has 140 valence electrons. The minimum Gasteiger partial charge on any atom is -0.339 e. The van der Waals surface area contributed by atoms with Crippen molar-refractivity contribution in [3.05, 3.63) is 58.6 Å². The van der Waals surface area contributed by atoms with Crippen molar-refractivity contribution < 1.29 is 4.79 Å². The highest BCUT2D eigenvalue weighted by Crippen LogP contribution is 2.27. The summed E-state index contributed by atoms with van der Waals surface area (Å²) in [6.45, 7) is 4.17. The molecule has 7 heteroatoms. The summed E-state index contributed by atoms with van der Waals surface area (Å²) in [4.78, 5) is 22.5. The maximum Gasteiger partial charge on any atom is 0.233 e. The van der Waals surface area contributed by atoms with Crippen molar-refractivity contribution in [3.8, 4) is 0 Å². The molecule has 1 amide bonds. The Kier molecular flexibility index (Phi) is 5.98. The second kappa shape index (κ2) is 8.61.